The molecule has 0 radical (unpaired) electrons. The normalized spacial score (nSPS) is 11.0. The summed E-state index contributed by atoms with van der Waals surface area (Å²) in [7, 11) is 0. The molecule has 3 nitrogen and oxygen atoms in total. The number of benzene rings is 4. The van der Waals surface area contributed by atoms with Crippen molar-refractivity contribution in [3.63, 3.8) is 0 Å². The maximum absolute atomic E-state index is 5.94. The van der Waals surface area contributed by atoms with Crippen molar-refractivity contribution in [1.29, 1.82) is 0 Å². The van der Waals surface area contributed by atoms with Crippen LogP contribution in [0.2, 0.25) is 0 Å². The topological polar surface area (TPSA) is 37.0 Å². The predicted octanol–water partition coefficient (Wildman–Crippen LogP) is 6.96. The molecule has 5 rings (SSSR count). The maximum atomic E-state index is 5.94. The minimum atomic E-state index is 0.812. The van der Waals surface area contributed by atoms with E-state index in [4.69, 9.17) is 4.74 Å². The summed E-state index contributed by atoms with van der Waals surface area (Å²) in [4.78, 5) is 3.44. The van der Waals surface area contributed by atoms with Gasteiger partial charge in [0.05, 0.1) is 0 Å². The summed E-state index contributed by atoms with van der Waals surface area (Å²) in [6.07, 6.45) is 3.11. The summed E-state index contributed by atoms with van der Waals surface area (Å²) in [5.74, 6) is 1.72. The molecule has 0 aliphatic carbocycles. The molecule has 32 heavy (non-hydrogen) atoms. The fraction of sp³-hybridized carbons (Fsp3) is 0.103. The molecule has 0 saturated carbocycles. The third-order valence-electron chi connectivity index (χ3n) is 5.65. The van der Waals surface area contributed by atoms with Crippen LogP contribution in [-0.2, 0) is 13.0 Å². The third kappa shape index (κ3) is 4.74. The van der Waals surface area contributed by atoms with Gasteiger partial charge in [-0.1, -0.05) is 72.8 Å². The van der Waals surface area contributed by atoms with Gasteiger partial charge >= 0.3 is 0 Å². The zero-order chi connectivity index (χ0) is 21.6. The minimum Gasteiger partial charge on any atom is -0.457 e. The van der Waals surface area contributed by atoms with E-state index in [0.717, 1.165) is 31.0 Å². The lowest BCUT2D eigenvalue weighted by Gasteiger charge is -2.09. The van der Waals surface area contributed by atoms with Crippen molar-refractivity contribution in [3.8, 4) is 22.6 Å². The molecule has 0 aliphatic rings. The van der Waals surface area contributed by atoms with Crippen molar-refractivity contribution >= 4 is 10.9 Å². The van der Waals surface area contributed by atoms with E-state index in [9.17, 15) is 0 Å². The van der Waals surface area contributed by atoms with Crippen LogP contribution in [0, 0.1) is 0 Å². The average Bonchev–Trinajstić information content (AvgIpc) is 3.25. The van der Waals surface area contributed by atoms with Crippen LogP contribution < -0.4 is 10.1 Å². The number of aromatic amines is 1. The molecular weight excluding hydrogens is 392 g/mol. The van der Waals surface area contributed by atoms with E-state index in [0.29, 0.717) is 0 Å². The molecule has 4 aromatic carbocycles. The predicted molar refractivity (Wildman–Crippen MR) is 132 cm³/mol. The Balaban J connectivity index is 1.18. The third-order valence-corrected chi connectivity index (χ3v) is 5.65. The van der Waals surface area contributed by atoms with Gasteiger partial charge in [-0.15, -0.1) is 0 Å². The van der Waals surface area contributed by atoms with E-state index in [2.05, 4.69) is 71.1 Å². The quantitative estimate of drug-likeness (QED) is 0.267. The Kier molecular flexibility index (Phi) is 6.00. The Morgan fingerprint density at radius 1 is 0.688 bits per heavy atom. The van der Waals surface area contributed by atoms with Gasteiger partial charge in [-0.2, -0.15) is 0 Å². The standard InChI is InChI=1S/C29H26N2O/c1-3-9-23(10-4-1)24-14-15-28-25(21-31-29(28)19-24)16-17-30-20-22-8-7-13-27(18-22)32-26-11-5-2-6-12-26/h1-15,18-19,21,30-31H,16-17,20H2. The molecule has 0 fully saturated rings. The van der Waals surface area contributed by atoms with Crippen molar-refractivity contribution in [2.75, 3.05) is 6.54 Å². The molecule has 0 saturated heterocycles. The molecule has 0 amide bonds. The number of hydrogen-bond acceptors (Lipinski definition) is 2. The highest BCUT2D eigenvalue weighted by Crippen LogP contribution is 2.26. The molecule has 0 atom stereocenters. The summed E-state index contributed by atoms with van der Waals surface area (Å²) < 4.78 is 5.94. The number of H-pyrrole nitrogens is 1. The number of para-hydroxylation sites is 1. The minimum absolute atomic E-state index is 0.812. The second-order valence-electron chi connectivity index (χ2n) is 7.93. The SMILES string of the molecule is c1ccc(Oc2cccc(CNCCc3c[nH]c4cc(-c5ccccc5)ccc34)c2)cc1. The van der Waals surface area contributed by atoms with Gasteiger partial charge in [0.15, 0.2) is 0 Å². The number of rotatable bonds is 8. The Hall–Kier alpha value is -3.82. The molecule has 5 aromatic rings. The van der Waals surface area contributed by atoms with Crippen molar-refractivity contribution < 1.29 is 4.74 Å². The summed E-state index contributed by atoms with van der Waals surface area (Å²) in [6.45, 7) is 1.73. The van der Waals surface area contributed by atoms with Gasteiger partial charge < -0.3 is 15.0 Å². The average molecular weight is 419 g/mol. The van der Waals surface area contributed by atoms with Crippen molar-refractivity contribution in [1.82, 2.24) is 10.3 Å². The second kappa shape index (κ2) is 9.54. The van der Waals surface area contributed by atoms with Gasteiger partial charge in [-0.3, -0.25) is 0 Å². The molecule has 0 spiro atoms. The maximum Gasteiger partial charge on any atom is 0.127 e. The molecule has 0 aliphatic heterocycles. The van der Waals surface area contributed by atoms with E-state index in [1.54, 1.807) is 0 Å². The zero-order valence-corrected chi connectivity index (χ0v) is 17.9. The largest absolute Gasteiger partial charge is 0.457 e. The zero-order valence-electron chi connectivity index (χ0n) is 17.9. The number of aromatic nitrogens is 1. The highest BCUT2D eigenvalue weighted by atomic mass is 16.5. The van der Waals surface area contributed by atoms with Crippen LogP contribution in [0.4, 0.5) is 0 Å². The smallest absolute Gasteiger partial charge is 0.127 e. The van der Waals surface area contributed by atoms with Crippen LogP contribution in [0.3, 0.4) is 0 Å². The molecule has 1 aromatic heterocycles. The van der Waals surface area contributed by atoms with Gasteiger partial charge in [-0.05, 0) is 65.6 Å². The monoisotopic (exact) mass is 418 g/mol. The molecule has 0 unspecified atom stereocenters. The van der Waals surface area contributed by atoms with E-state index < -0.39 is 0 Å². The van der Waals surface area contributed by atoms with E-state index >= 15 is 0 Å². The summed E-state index contributed by atoms with van der Waals surface area (Å²) in [6, 6.07) is 35.3. The lowest BCUT2D eigenvalue weighted by atomic mass is 10.0. The van der Waals surface area contributed by atoms with Crippen LogP contribution in [0.25, 0.3) is 22.0 Å². The molecule has 3 heteroatoms. The molecule has 0 bridgehead atoms. The number of ether oxygens (including phenoxy) is 1. The van der Waals surface area contributed by atoms with E-state index in [1.165, 1.54) is 33.2 Å². The highest BCUT2D eigenvalue weighted by Gasteiger charge is 2.06. The summed E-state index contributed by atoms with van der Waals surface area (Å²) >= 11 is 0. The van der Waals surface area contributed by atoms with Gasteiger partial charge in [0.2, 0.25) is 0 Å². The Morgan fingerprint density at radius 3 is 2.31 bits per heavy atom. The molecule has 158 valence electrons. The highest BCUT2D eigenvalue weighted by molar-refractivity contribution is 5.87. The van der Waals surface area contributed by atoms with Gasteiger partial charge in [0.1, 0.15) is 11.5 Å². The van der Waals surface area contributed by atoms with Crippen LogP contribution in [0.5, 0.6) is 11.5 Å². The first-order valence-corrected chi connectivity index (χ1v) is 11.0. The lowest BCUT2D eigenvalue weighted by Crippen LogP contribution is -2.16. The van der Waals surface area contributed by atoms with E-state index in [-0.39, 0.29) is 0 Å². The van der Waals surface area contributed by atoms with Crippen molar-refractivity contribution in [2.24, 2.45) is 0 Å². The first-order valence-electron chi connectivity index (χ1n) is 11.0. The van der Waals surface area contributed by atoms with Crippen LogP contribution >= 0.6 is 0 Å². The second-order valence-corrected chi connectivity index (χ2v) is 7.93. The van der Waals surface area contributed by atoms with Crippen molar-refractivity contribution in [2.45, 2.75) is 13.0 Å². The fourth-order valence-corrected chi connectivity index (χ4v) is 4.00. The van der Waals surface area contributed by atoms with Gasteiger partial charge in [-0.25, -0.2) is 0 Å². The lowest BCUT2D eigenvalue weighted by molar-refractivity contribution is 0.481. The van der Waals surface area contributed by atoms with Gasteiger partial charge in [0.25, 0.3) is 0 Å². The summed E-state index contributed by atoms with van der Waals surface area (Å²) in [5.41, 5.74) is 6.22. The van der Waals surface area contributed by atoms with E-state index in [1.807, 2.05) is 48.5 Å². The number of fused-ring (bicyclic) bond motifs is 1. The van der Waals surface area contributed by atoms with Crippen LogP contribution in [0.1, 0.15) is 11.1 Å². The fourth-order valence-electron chi connectivity index (χ4n) is 4.00. The van der Waals surface area contributed by atoms with Gasteiger partial charge in [0, 0.05) is 23.6 Å². The Bertz CT molecular complexity index is 1290. The number of nitrogens with one attached hydrogen (secondary N) is 2. The molecule has 2 N–H and O–H groups in total. The molecule has 1 heterocycles. The summed E-state index contributed by atoms with van der Waals surface area (Å²) in [5, 5.41) is 4.86. The first-order chi connectivity index (χ1) is 15.8. The van der Waals surface area contributed by atoms with Crippen LogP contribution in [-0.4, -0.2) is 11.5 Å². The molecular formula is C29H26N2O. The van der Waals surface area contributed by atoms with Crippen LogP contribution in [0.15, 0.2) is 109 Å². The first kappa shape index (κ1) is 20.1. The Labute approximate surface area is 188 Å². The number of hydrogen-bond donors (Lipinski definition) is 2. The van der Waals surface area contributed by atoms with Crippen molar-refractivity contribution in [3.05, 3.63) is 120 Å². The Morgan fingerprint density at radius 2 is 1.47 bits per heavy atom.